The third kappa shape index (κ3) is 4.87. The lowest BCUT2D eigenvalue weighted by atomic mass is 9.81. The van der Waals surface area contributed by atoms with E-state index in [-0.39, 0.29) is 0 Å². The minimum absolute atomic E-state index is 0.387. The molecule has 0 atom stereocenters. The normalized spacial score (nSPS) is 11.9. The van der Waals surface area contributed by atoms with E-state index in [0.717, 1.165) is 79.1 Å². The molecule has 0 fully saturated rings. The highest BCUT2D eigenvalue weighted by Gasteiger charge is 2.37. The van der Waals surface area contributed by atoms with E-state index in [4.69, 9.17) is 43.4 Å². The molecule has 0 spiro atoms. The molecule has 0 saturated carbocycles. The lowest BCUT2D eigenvalue weighted by Gasteiger charge is -2.28. The molecule has 0 unspecified atom stereocenters. The van der Waals surface area contributed by atoms with Gasteiger partial charge in [0.05, 0.1) is 92.1 Å². The first kappa shape index (κ1) is 35.9. The molecule has 10 rings (SSSR count). The van der Waals surface area contributed by atoms with Gasteiger partial charge in [-0.25, -0.2) is 15.0 Å². The fourth-order valence-electron chi connectivity index (χ4n) is 8.75. The predicted molar refractivity (Wildman–Crippen MR) is 237 cm³/mol. The molecule has 0 saturated heterocycles. The summed E-state index contributed by atoms with van der Waals surface area (Å²) in [6, 6.07) is 24.3. The number of benzene rings is 7. The third-order valence-electron chi connectivity index (χ3n) is 10.9. The minimum atomic E-state index is 0.387. The highest BCUT2D eigenvalue weighted by molar-refractivity contribution is 9.11. The summed E-state index contributed by atoms with van der Waals surface area (Å²) in [5.74, 6) is 2.85. The average molecular weight is 948 g/mol. The molecule has 3 aromatic heterocycles. The van der Waals surface area contributed by atoms with Crippen LogP contribution in [-0.2, 0) is 0 Å². The van der Waals surface area contributed by atoms with Gasteiger partial charge in [0.25, 0.3) is 0 Å². The van der Waals surface area contributed by atoms with Gasteiger partial charge < -0.3 is 28.4 Å². The zero-order valence-corrected chi connectivity index (χ0v) is 36.1. The van der Waals surface area contributed by atoms with Gasteiger partial charge in [0, 0.05) is 45.7 Å². The van der Waals surface area contributed by atoms with Crippen molar-refractivity contribution in [2.45, 2.75) is 0 Å². The van der Waals surface area contributed by atoms with Gasteiger partial charge in [-0.2, -0.15) is 0 Å². The van der Waals surface area contributed by atoms with E-state index >= 15 is 0 Å². The first-order chi connectivity index (χ1) is 27.8. The van der Waals surface area contributed by atoms with Crippen LogP contribution < -0.4 is 28.4 Å². The molecule has 0 N–H and O–H groups in total. The van der Waals surface area contributed by atoms with E-state index in [1.807, 2.05) is 72.8 Å². The number of ether oxygens (including phenoxy) is 6. The fourth-order valence-corrected chi connectivity index (χ4v) is 9.55. The van der Waals surface area contributed by atoms with Crippen LogP contribution in [0.4, 0.5) is 0 Å². The molecular formula is C45H30Br3N3O6. The Morgan fingerprint density at radius 1 is 0.316 bits per heavy atom. The van der Waals surface area contributed by atoms with Crippen LogP contribution in [0.3, 0.4) is 0 Å². The van der Waals surface area contributed by atoms with E-state index < -0.39 is 0 Å². The van der Waals surface area contributed by atoms with Crippen LogP contribution in [0.15, 0.2) is 86.2 Å². The number of aromatic nitrogens is 3. The van der Waals surface area contributed by atoms with E-state index in [2.05, 4.69) is 47.8 Å². The number of rotatable bonds is 9. The highest BCUT2D eigenvalue weighted by atomic mass is 79.9. The Balaban J connectivity index is 1.62. The van der Waals surface area contributed by atoms with Gasteiger partial charge in [0.15, 0.2) is 0 Å². The van der Waals surface area contributed by atoms with Crippen LogP contribution >= 0.6 is 47.8 Å². The van der Waals surface area contributed by atoms with Crippen LogP contribution in [-0.4, -0.2) is 57.6 Å². The van der Waals surface area contributed by atoms with Crippen molar-refractivity contribution in [2.24, 2.45) is 0 Å². The summed E-state index contributed by atoms with van der Waals surface area (Å²) < 4.78 is 40.9. The molecule has 12 heteroatoms. The van der Waals surface area contributed by atoms with Crippen LogP contribution in [0, 0.1) is 0 Å². The number of hydrogen-bond acceptors (Lipinski definition) is 9. The zero-order chi connectivity index (χ0) is 39.4. The Morgan fingerprint density at radius 3 is 0.772 bits per heavy atom. The Labute approximate surface area is 351 Å². The Kier molecular flexibility index (Phi) is 8.40. The lowest BCUT2D eigenvalue weighted by Crippen LogP contribution is -2.07. The number of nitrogens with zero attached hydrogens (tertiary/aromatic N) is 3. The van der Waals surface area contributed by atoms with Gasteiger partial charge in [0.1, 0.15) is 17.2 Å². The Bertz CT molecular complexity index is 2840. The maximum atomic E-state index is 6.44. The van der Waals surface area contributed by atoms with Crippen LogP contribution in [0.2, 0.25) is 0 Å². The third-order valence-corrected chi connectivity index (χ3v) is 12.5. The van der Waals surface area contributed by atoms with Gasteiger partial charge in [0.2, 0.25) is 17.6 Å². The number of halogens is 3. The van der Waals surface area contributed by atoms with Gasteiger partial charge in [-0.15, -0.1) is 0 Å². The smallest absolute Gasteiger partial charge is 0.225 e. The quantitative estimate of drug-likeness (QED) is 0.104. The van der Waals surface area contributed by atoms with Crippen LogP contribution in [0.1, 0.15) is 0 Å². The highest BCUT2D eigenvalue weighted by Crippen LogP contribution is 2.62. The van der Waals surface area contributed by atoms with E-state index in [1.165, 1.54) is 0 Å². The van der Waals surface area contributed by atoms with E-state index in [1.54, 1.807) is 42.7 Å². The first-order valence-electron chi connectivity index (χ1n) is 17.8. The van der Waals surface area contributed by atoms with Crippen molar-refractivity contribution in [3.05, 3.63) is 86.2 Å². The number of pyridine rings is 3. The fraction of sp³-hybridized carbons (Fsp3) is 0.133. The summed E-state index contributed by atoms with van der Waals surface area (Å²) in [7, 11) is 9.90. The van der Waals surface area contributed by atoms with Crippen LogP contribution in [0.25, 0.3) is 98.4 Å². The van der Waals surface area contributed by atoms with Gasteiger partial charge >= 0.3 is 0 Å². The molecule has 0 aliphatic heterocycles. The first-order valence-corrected chi connectivity index (χ1v) is 20.2. The van der Waals surface area contributed by atoms with Crippen molar-refractivity contribution in [3.8, 4) is 68.3 Å². The predicted octanol–water partition coefficient (Wildman–Crippen LogP) is 12.4. The molecule has 9 nitrogen and oxygen atoms in total. The summed E-state index contributed by atoms with van der Waals surface area (Å²) in [5.41, 5.74) is 6.98. The largest absolute Gasteiger partial charge is 0.495 e. The topological polar surface area (TPSA) is 94.1 Å². The Hall–Kier alpha value is -5.43. The maximum Gasteiger partial charge on any atom is 0.225 e. The van der Waals surface area contributed by atoms with E-state index in [0.29, 0.717) is 67.6 Å². The zero-order valence-electron chi connectivity index (χ0n) is 31.4. The maximum absolute atomic E-state index is 6.44. The number of hydrogen-bond donors (Lipinski definition) is 0. The standard InChI is InChI=1S/C45H30Br3N3O6/c1-52-40-25(19-7-13-22(46)14-8-19)37-31-28-32-30-33-29(31)35(44(49-37)56-5)42(54-3)27(21-11-17-24(48)18-12-21)39(33)51-45(57-6)36(30)41(53-2)26(20-9-15-23(47)16-10-20)38(32)50-43(55-4)34(28)40/h7-18H,1-6H3. The molecule has 7 aromatic carbocycles. The van der Waals surface area contributed by atoms with Crippen molar-refractivity contribution >= 4 is 113 Å². The second-order valence-corrected chi connectivity index (χ2v) is 16.3. The summed E-state index contributed by atoms with van der Waals surface area (Å²) >= 11 is 10.9. The average Bonchev–Trinajstić information content (AvgIpc) is 3.24. The number of methoxy groups -OCH3 is 6. The van der Waals surface area contributed by atoms with E-state index in [9.17, 15) is 0 Å². The molecular weight excluding hydrogens is 918 g/mol. The van der Waals surface area contributed by atoms with Gasteiger partial charge in [-0.05, 0) is 53.1 Å². The summed E-state index contributed by atoms with van der Waals surface area (Å²) in [6.45, 7) is 0. The monoisotopic (exact) mass is 945 g/mol. The molecule has 57 heavy (non-hydrogen) atoms. The molecule has 0 aliphatic rings. The second-order valence-electron chi connectivity index (χ2n) is 13.5. The van der Waals surface area contributed by atoms with Crippen molar-refractivity contribution < 1.29 is 28.4 Å². The van der Waals surface area contributed by atoms with Crippen molar-refractivity contribution in [3.63, 3.8) is 0 Å². The van der Waals surface area contributed by atoms with Crippen molar-refractivity contribution in [2.75, 3.05) is 42.7 Å². The SMILES string of the molecule is COc1nc2c(-c3ccc(Br)cc3)c(OC)c3c(OC)nc4c(-c5ccc(Br)cc5)c(OC)c5c(OC)nc6c(-c7ccc(Br)cc7)c(OC)c1c1c6c5c4c3c21. The van der Waals surface area contributed by atoms with Crippen molar-refractivity contribution in [1.29, 1.82) is 0 Å². The molecule has 0 bridgehead atoms. The minimum Gasteiger partial charge on any atom is -0.495 e. The van der Waals surface area contributed by atoms with Crippen LogP contribution in [0.5, 0.6) is 34.9 Å². The molecule has 282 valence electrons. The van der Waals surface area contributed by atoms with Crippen molar-refractivity contribution in [1.82, 2.24) is 15.0 Å². The molecule has 0 aliphatic carbocycles. The summed E-state index contributed by atoms with van der Waals surface area (Å²) in [6.07, 6.45) is 0. The summed E-state index contributed by atoms with van der Waals surface area (Å²) in [5, 5.41) is 7.26. The molecule has 3 heterocycles. The summed E-state index contributed by atoms with van der Waals surface area (Å²) in [4.78, 5) is 16.2. The second kappa shape index (κ2) is 13.3. The Morgan fingerprint density at radius 2 is 0.561 bits per heavy atom. The lowest BCUT2D eigenvalue weighted by molar-refractivity contribution is 0.394. The van der Waals surface area contributed by atoms with Gasteiger partial charge in [-0.1, -0.05) is 84.2 Å². The molecule has 10 aromatic rings. The molecule has 0 radical (unpaired) electrons. The molecule has 0 amide bonds. The van der Waals surface area contributed by atoms with Gasteiger partial charge in [-0.3, -0.25) is 0 Å².